The van der Waals surface area contributed by atoms with Crippen LogP contribution in [0, 0.1) is 0 Å². The Morgan fingerprint density at radius 1 is 1.00 bits per heavy atom. The molecule has 1 unspecified atom stereocenters. The molecule has 0 bridgehead atoms. The van der Waals surface area contributed by atoms with Gasteiger partial charge in [-0.25, -0.2) is 4.57 Å². The Hall–Kier alpha value is -0.420. The van der Waals surface area contributed by atoms with Crippen LogP contribution in [0.15, 0.2) is 0 Å². The Morgan fingerprint density at radius 3 is 1.85 bits per heavy atom. The lowest BCUT2D eigenvalue weighted by Crippen LogP contribution is -2.50. The molecule has 0 aromatic carbocycles. The summed E-state index contributed by atoms with van der Waals surface area (Å²) in [7, 11) is -4.86. The molecule has 0 aromatic heterocycles. The van der Waals surface area contributed by atoms with Crippen LogP contribution < -0.4 is 0 Å². The maximum absolute atomic E-state index is 10.7. The summed E-state index contributed by atoms with van der Waals surface area (Å²) in [4.78, 5) is 27.5. The lowest BCUT2D eigenvalue weighted by Gasteiger charge is -2.28. The van der Waals surface area contributed by atoms with E-state index in [0.29, 0.717) is 0 Å². The molecule has 7 N–H and O–H groups in total. The topological polar surface area (TPSA) is 185 Å². The van der Waals surface area contributed by atoms with Gasteiger partial charge in [-0.1, -0.05) is 0 Å². The number of rotatable bonds is 9. The molecular formula is C9H19O10P. The van der Waals surface area contributed by atoms with Gasteiger partial charge in [0.15, 0.2) is 0 Å². The number of hydrogen-bond donors (Lipinski definition) is 7. The zero-order valence-corrected chi connectivity index (χ0v) is 11.5. The first-order valence-electron chi connectivity index (χ1n) is 5.55. The highest BCUT2D eigenvalue weighted by atomic mass is 31.2. The minimum atomic E-state index is -4.86. The number of ketones is 1. The van der Waals surface area contributed by atoms with Gasteiger partial charge in [0.1, 0.15) is 30.2 Å². The number of hydrogen-bond acceptors (Lipinski definition) is 8. The van der Waals surface area contributed by atoms with E-state index in [2.05, 4.69) is 4.52 Å². The molecular weight excluding hydrogens is 299 g/mol. The molecule has 5 atom stereocenters. The molecule has 0 aliphatic carbocycles. The quantitative estimate of drug-likeness (QED) is 0.214. The van der Waals surface area contributed by atoms with Crippen molar-refractivity contribution in [1.82, 2.24) is 0 Å². The lowest BCUT2D eigenvalue weighted by atomic mass is 9.97. The van der Waals surface area contributed by atoms with Crippen molar-refractivity contribution in [3.05, 3.63) is 0 Å². The maximum Gasteiger partial charge on any atom is 0.469 e. The molecule has 0 aliphatic rings. The average molecular weight is 318 g/mol. The van der Waals surface area contributed by atoms with Crippen LogP contribution >= 0.6 is 7.82 Å². The molecule has 120 valence electrons. The Morgan fingerprint density at radius 2 is 1.45 bits per heavy atom. The first-order valence-corrected chi connectivity index (χ1v) is 7.08. The standard InChI is InChI=1S/C9H19O10P/c1-4(10)2-5(11)7(13)9(15)8(14)6(12)3-19-20(16,17)18/h5-9,11-15H,2-3H2,1H3,(H2,16,17,18)/t5?,6-,7+,8-,9-/m1/s1. The van der Waals surface area contributed by atoms with Crippen LogP contribution in [0.2, 0.25) is 0 Å². The average Bonchev–Trinajstić information content (AvgIpc) is 2.31. The summed E-state index contributed by atoms with van der Waals surface area (Å²) in [5, 5.41) is 47.1. The van der Waals surface area contributed by atoms with Crippen molar-refractivity contribution < 1.29 is 49.2 Å². The number of aliphatic hydroxyl groups excluding tert-OH is 5. The maximum atomic E-state index is 10.7. The summed E-state index contributed by atoms with van der Waals surface area (Å²) in [5.74, 6) is -0.469. The first-order chi connectivity index (χ1) is 8.95. The van der Waals surface area contributed by atoms with Crippen LogP contribution in [-0.4, -0.2) is 78.2 Å². The number of Topliss-reactive ketones (excluding diaryl/α,β-unsaturated/α-hetero) is 1. The molecule has 10 nitrogen and oxygen atoms in total. The summed E-state index contributed by atoms with van der Waals surface area (Å²) >= 11 is 0. The van der Waals surface area contributed by atoms with Crippen molar-refractivity contribution in [2.45, 2.75) is 43.9 Å². The number of carbonyl (C=O) groups is 1. The van der Waals surface area contributed by atoms with Crippen molar-refractivity contribution >= 4 is 13.6 Å². The van der Waals surface area contributed by atoms with Crippen molar-refractivity contribution in [2.24, 2.45) is 0 Å². The fourth-order valence-corrected chi connectivity index (χ4v) is 1.69. The molecule has 0 fully saturated rings. The third kappa shape index (κ3) is 7.39. The predicted molar refractivity (Wildman–Crippen MR) is 63.3 cm³/mol. The molecule has 20 heavy (non-hydrogen) atoms. The van der Waals surface area contributed by atoms with Crippen molar-refractivity contribution in [3.8, 4) is 0 Å². The molecule has 0 amide bonds. The third-order valence-electron chi connectivity index (χ3n) is 2.40. The first kappa shape index (κ1) is 19.6. The fraction of sp³-hybridized carbons (Fsp3) is 0.889. The van der Waals surface area contributed by atoms with Gasteiger partial charge in [-0.15, -0.1) is 0 Å². The normalized spacial score (nSPS) is 20.0. The molecule has 0 heterocycles. The van der Waals surface area contributed by atoms with Crippen molar-refractivity contribution in [1.29, 1.82) is 0 Å². The van der Waals surface area contributed by atoms with Crippen molar-refractivity contribution in [2.75, 3.05) is 6.61 Å². The fourth-order valence-electron chi connectivity index (χ4n) is 1.34. The van der Waals surface area contributed by atoms with E-state index < -0.39 is 57.2 Å². The van der Waals surface area contributed by atoms with Gasteiger partial charge in [0.05, 0.1) is 12.7 Å². The summed E-state index contributed by atoms with van der Waals surface area (Å²) in [6.07, 6.45) is -10.1. The summed E-state index contributed by atoms with van der Waals surface area (Å²) in [5.41, 5.74) is 0. The van der Waals surface area contributed by atoms with Crippen LogP contribution in [0.25, 0.3) is 0 Å². The van der Waals surface area contributed by atoms with Gasteiger partial charge in [-0.3, -0.25) is 9.32 Å². The zero-order chi connectivity index (χ0) is 16.1. The second-order valence-electron chi connectivity index (χ2n) is 4.30. The van der Waals surface area contributed by atoms with Crippen molar-refractivity contribution in [3.63, 3.8) is 0 Å². The number of phosphoric acid groups is 1. The third-order valence-corrected chi connectivity index (χ3v) is 2.88. The molecule has 0 saturated carbocycles. The molecule has 0 spiro atoms. The van der Waals surface area contributed by atoms with Crippen LogP contribution in [0.3, 0.4) is 0 Å². The largest absolute Gasteiger partial charge is 0.469 e. The second-order valence-corrected chi connectivity index (χ2v) is 5.54. The lowest BCUT2D eigenvalue weighted by molar-refractivity contribution is -0.144. The molecule has 0 rings (SSSR count). The SMILES string of the molecule is CC(=O)CC(O)[C@H](O)[C@@H](O)[C@H](O)[C@H](O)COP(=O)(O)O. The van der Waals surface area contributed by atoms with E-state index in [-0.39, 0.29) is 0 Å². The summed E-state index contributed by atoms with van der Waals surface area (Å²) in [6, 6.07) is 0. The highest BCUT2D eigenvalue weighted by Gasteiger charge is 2.35. The minimum absolute atomic E-state index is 0.469. The van der Waals surface area contributed by atoms with E-state index >= 15 is 0 Å². The predicted octanol–water partition coefficient (Wildman–Crippen LogP) is -3.12. The minimum Gasteiger partial charge on any atom is -0.390 e. The Labute approximate surface area is 114 Å². The Kier molecular flexibility index (Phi) is 7.96. The Bertz CT molecular complexity index is 355. The highest BCUT2D eigenvalue weighted by molar-refractivity contribution is 7.46. The number of phosphoric ester groups is 1. The van der Waals surface area contributed by atoms with Gasteiger partial charge < -0.3 is 35.3 Å². The van der Waals surface area contributed by atoms with Crippen LogP contribution in [0.5, 0.6) is 0 Å². The van der Waals surface area contributed by atoms with Crippen LogP contribution in [-0.2, 0) is 13.9 Å². The van der Waals surface area contributed by atoms with E-state index in [4.69, 9.17) is 9.79 Å². The highest BCUT2D eigenvalue weighted by Crippen LogP contribution is 2.35. The van der Waals surface area contributed by atoms with Crippen LogP contribution in [0.1, 0.15) is 13.3 Å². The van der Waals surface area contributed by atoms with Crippen LogP contribution in [0.4, 0.5) is 0 Å². The van der Waals surface area contributed by atoms with Gasteiger partial charge in [-0.05, 0) is 6.92 Å². The smallest absolute Gasteiger partial charge is 0.390 e. The number of carbonyl (C=O) groups excluding carboxylic acids is 1. The van der Waals surface area contributed by atoms with E-state index in [9.17, 15) is 34.9 Å². The molecule has 11 heteroatoms. The van der Waals surface area contributed by atoms with E-state index in [1.807, 2.05) is 0 Å². The summed E-state index contributed by atoms with van der Waals surface area (Å²) in [6.45, 7) is 0.138. The van der Waals surface area contributed by atoms with E-state index in [1.165, 1.54) is 0 Å². The molecule has 0 aliphatic heterocycles. The number of aliphatic hydroxyl groups is 5. The second kappa shape index (κ2) is 8.13. The Balaban J connectivity index is 4.47. The summed E-state index contributed by atoms with van der Waals surface area (Å²) < 4.78 is 14.3. The van der Waals surface area contributed by atoms with Gasteiger partial charge in [0.2, 0.25) is 0 Å². The zero-order valence-electron chi connectivity index (χ0n) is 10.6. The molecule has 0 aromatic rings. The molecule has 0 saturated heterocycles. The van der Waals surface area contributed by atoms with Gasteiger partial charge in [-0.2, -0.15) is 0 Å². The van der Waals surface area contributed by atoms with Gasteiger partial charge in [0.25, 0.3) is 0 Å². The monoisotopic (exact) mass is 318 g/mol. The van der Waals surface area contributed by atoms with E-state index in [1.54, 1.807) is 0 Å². The van der Waals surface area contributed by atoms with Gasteiger partial charge >= 0.3 is 7.82 Å². The van der Waals surface area contributed by atoms with E-state index in [0.717, 1.165) is 6.92 Å². The molecule has 0 radical (unpaired) electrons. The van der Waals surface area contributed by atoms with Gasteiger partial charge in [0, 0.05) is 6.42 Å².